The molecule has 0 bridgehead atoms. The number of aliphatic hydroxyl groups is 1. The molecule has 91 heavy (non-hydrogen) atoms. The van der Waals surface area contributed by atoms with Crippen LogP contribution in [0.5, 0.6) is 0 Å². The zero-order valence-electron chi connectivity index (χ0n) is 59.1. The lowest BCUT2D eigenvalue weighted by Gasteiger charge is -2.21. The molecule has 3 N–H and O–H groups in total. The summed E-state index contributed by atoms with van der Waals surface area (Å²) in [5, 5.41) is 10.6. The van der Waals surface area contributed by atoms with Gasteiger partial charge in [-0.05, 0) is 37.5 Å². The molecule has 17 nitrogen and oxygen atoms in total. The molecule has 19 heteroatoms. The van der Waals surface area contributed by atoms with Gasteiger partial charge in [0.15, 0.2) is 12.2 Å². The van der Waals surface area contributed by atoms with Gasteiger partial charge in [-0.15, -0.1) is 0 Å². The Hall–Kier alpha value is -1.94. The van der Waals surface area contributed by atoms with Crippen LogP contribution in [0.2, 0.25) is 0 Å². The van der Waals surface area contributed by atoms with Crippen LogP contribution in [0.25, 0.3) is 0 Å². The standard InChI is InChI=1S/C72H140O17P2/c1-7-10-12-14-15-16-17-18-19-20-21-22-23-24-25-26-27-32-38-44-50-56-71(76)89-68(61-83-70(75)55-49-43-37-31-29-28-30-36-42-47-53-65(6)9-3)63-87-91(80,81)85-59-66(73)58-84-90(78,79)86-62-67(60-82-69(74)54-48-40-13-11-8-2)88-72(77)57-51-45-39-34-33-35-41-46-52-64(4)5/h64-68,73H,7-63H2,1-6H3,(H,78,79)(H,80,81)/t65?,66-,67+,68+/m0/s1. The fraction of sp³-hybridized carbons (Fsp3) is 0.944. The molecule has 0 aliphatic rings. The third-order valence-corrected chi connectivity index (χ3v) is 19.0. The van der Waals surface area contributed by atoms with Crippen LogP contribution in [-0.4, -0.2) is 96.7 Å². The van der Waals surface area contributed by atoms with Gasteiger partial charge in [0.05, 0.1) is 26.4 Å². The fourth-order valence-corrected chi connectivity index (χ4v) is 12.5. The van der Waals surface area contributed by atoms with E-state index in [1.54, 1.807) is 0 Å². The Labute approximate surface area is 556 Å². The normalized spacial score (nSPS) is 14.4. The molecule has 0 saturated carbocycles. The monoisotopic (exact) mass is 1340 g/mol. The molecule has 0 aliphatic heterocycles. The number of phosphoric ester groups is 2. The molecular weight excluding hydrogens is 1200 g/mol. The summed E-state index contributed by atoms with van der Waals surface area (Å²) in [7, 11) is -9.89. The molecule has 0 aromatic carbocycles. The second-order valence-electron chi connectivity index (χ2n) is 26.7. The Balaban J connectivity index is 5.12. The first kappa shape index (κ1) is 89.1. The molecule has 0 spiro atoms. The van der Waals surface area contributed by atoms with Crippen LogP contribution in [0.3, 0.4) is 0 Å². The third-order valence-electron chi connectivity index (χ3n) is 17.1. The first-order valence-corrected chi connectivity index (χ1v) is 40.5. The molecule has 0 amide bonds. The quantitative estimate of drug-likeness (QED) is 0.0222. The Kier molecular flexibility index (Phi) is 62.7. The first-order valence-electron chi connectivity index (χ1n) is 37.5. The van der Waals surface area contributed by atoms with E-state index in [2.05, 4.69) is 41.5 Å². The fourth-order valence-electron chi connectivity index (χ4n) is 10.9. The van der Waals surface area contributed by atoms with Gasteiger partial charge in [0.25, 0.3) is 0 Å². The third kappa shape index (κ3) is 65.1. The number of unbranched alkanes of at least 4 members (excludes halogenated alkanes) is 40. The summed E-state index contributed by atoms with van der Waals surface area (Å²) in [6, 6.07) is 0. The molecule has 0 rings (SSSR count). The van der Waals surface area contributed by atoms with Crippen LogP contribution in [0.15, 0.2) is 0 Å². The van der Waals surface area contributed by atoms with Gasteiger partial charge >= 0.3 is 39.5 Å². The number of aliphatic hydroxyl groups excluding tert-OH is 1. The summed E-state index contributed by atoms with van der Waals surface area (Å²) >= 11 is 0. The van der Waals surface area contributed by atoms with E-state index < -0.39 is 97.5 Å². The van der Waals surface area contributed by atoms with Gasteiger partial charge in [0, 0.05) is 25.7 Å². The minimum Gasteiger partial charge on any atom is -0.462 e. The molecular formula is C72H140O17P2. The molecule has 0 fully saturated rings. The molecule has 0 aromatic rings. The maximum absolute atomic E-state index is 13.0. The first-order chi connectivity index (χ1) is 43.9. The van der Waals surface area contributed by atoms with Crippen LogP contribution in [-0.2, 0) is 65.4 Å². The number of ether oxygens (including phenoxy) is 4. The van der Waals surface area contributed by atoms with E-state index in [1.165, 1.54) is 180 Å². The predicted molar refractivity (Wildman–Crippen MR) is 368 cm³/mol. The Morgan fingerprint density at radius 3 is 0.835 bits per heavy atom. The van der Waals surface area contributed by atoms with Crippen LogP contribution in [0, 0.1) is 11.8 Å². The number of carbonyl (C=O) groups is 4. The number of esters is 4. The SMILES string of the molecule is CCCCCCCCCCCCCCCCCCCCCCCC(=O)O[C@H](COC(=O)CCCCCCCCCCCCC(C)CC)COP(=O)(O)OC[C@@H](O)COP(=O)(O)OC[C@@H](COC(=O)CCCCCCC)OC(=O)CCCCCCCCCCC(C)C. The van der Waals surface area contributed by atoms with Crippen molar-refractivity contribution in [3.63, 3.8) is 0 Å². The lowest BCUT2D eigenvalue weighted by molar-refractivity contribution is -0.161. The average Bonchev–Trinajstić information content (AvgIpc) is 2.32. The molecule has 0 saturated heterocycles. The highest BCUT2D eigenvalue weighted by molar-refractivity contribution is 7.47. The molecule has 0 radical (unpaired) electrons. The van der Waals surface area contributed by atoms with Crippen molar-refractivity contribution in [3.8, 4) is 0 Å². The summed E-state index contributed by atoms with van der Waals surface area (Å²) in [6.07, 6.45) is 50.5. The van der Waals surface area contributed by atoms with Crippen molar-refractivity contribution in [1.82, 2.24) is 0 Å². The lowest BCUT2D eigenvalue weighted by Crippen LogP contribution is -2.30. The van der Waals surface area contributed by atoms with Gasteiger partial charge in [-0.1, -0.05) is 318 Å². The summed E-state index contributed by atoms with van der Waals surface area (Å²) in [5.41, 5.74) is 0. The van der Waals surface area contributed by atoms with Gasteiger partial charge in [-0.2, -0.15) is 0 Å². The summed E-state index contributed by atoms with van der Waals surface area (Å²) in [4.78, 5) is 72.3. The Bertz CT molecular complexity index is 1770. The number of phosphoric acid groups is 2. The van der Waals surface area contributed by atoms with Crippen molar-refractivity contribution in [2.45, 2.75) is 387 Å². The molecule has 540 valence electrons. The lowest BCUT2D eigenvalue weighted by atomic mass is 9.99. The van der Waals surface area contributed by atoms with Crippen LogP contribution < -0.4 is 0 Å². The minimum absolute atomic E-state index is 0.104. The zero-order chi connectivity index (χ0) is 67.2. The van der Waals surface area contributed by atoms with Crippen molar-refractivity contribution in [3.05, 3.63) is 0 Å². The van der Waals surface area contributed by atoms with Gasteiger partial charge in [0.1, 0.15) is 19.3 Å². The maximum Gasteiger partial charge on any atom is 0.472 e. The van der Waals surface area contributed by atoms with Gasteiger partial charge < -0.3 is 33.8 Å². The highest BCUT2D eigenvalue weighted by Crippen LogP contribution is 2.45. The molecule has 0 aliphatic carbocycles. The minimum atomic E-state index is -4.95. The van der Waals surface area contributed by atoms with E-state index in [0.717, 1.165) is 108 Å². The average molecular weight is 1340 g/mol. The zero-order valence-corrected chi connectivity index (χ0v) is 60.9. The van der Waals surface area contributed by atoms with Gasteiger partial charge in [0.2, 0.25) is 0 Å². The highest BCUT2D eigenvalue weighted by atomic mass is 31.2. The van der Waals surface area contributed by atoms with Crippen LogP contribution >= 0.6 is 15.6 Å². The van der Waals surface area contributed by atoms with Gasteiger partial charge in [-0.25, -0.2) is 9.13 Å². The van der Waals surface area contributed by atoms with E-state index >= 15 is 0 Å². The summed E-state index contributed by atoms with van der Waals surface area (Å²) < 4.78 is 68.1. The number of rotatable bonds is 71. The van der Waals surface area contributed by atoms with Crippen molar-refractivity contribution in [1.29, 1.82) is 0 Å². The second kappa shape index (κ2) is 64.1. The Morgan fingerprint density at radius 1 is 0.319 bits per heavy atom. The van der Waals surface area contributed by atoms with E-state index in [9.17, 15) is 43.2 Å². The number of hydrogen-bond donors (Lipinski definition) is 3. The van der Waals surface area contributed by atoms with E-state index in [0.29, 0.717) is 25.7 Å². The number of carbonyl (C=O) groups excluding carboxylic acids is 4. The van der Waals surface area contributed by atoms with Crippen LogP contribution in [0.4, 0.5) is 0 Å². The molecule has 0 aromatic heterocycles. The van der Waals surface area contributed by atoms with E-state index in [4.69, 9.17) is 37.0 Å². The Morgan fingerprint density at radius 2 is 0.560 bits per heavy atom. The van der Waals surface area contributed by atoms with Crippen molar-refractivity contribution in [2.24, 2.45) is 11.8 Å². The van der Waals surface area contributed by atoms with E-state index in [-0.39, 0.29) is 25.7 Å². The largest absolute Gasteiger partial charge is 0.472 e. The van der Waals surface area contributed by atoms with Crippen molar-refractivity contribution >= 4 is 39.5 Å². The van der Waals surface area contributed by atoms with Gasteiger partial charge in [-0.3, -0.25) is 37.3 Å². The highest BCUT2D eigenvalue weighted by Gasteiger charge is 2.30. The summed E-state index contributed by atoms with van der Waals surface area (Å²) in [6.45, 7) is 9.45. The van der Waals surface area contributed by atoms with Crippen molar-refractivity contribution in [2.75, 3.05) is 39.6 Å². The summed E-state index contributed by atoms with van der Waals surface area (Å²) in [5.74, 6) is -0.608. The predicted octanol–water partition coefficient (Wildman–Crippen LogP) is 20.8. The maximum atomic E-state index is 13.0. The number of hydrogen-bond acceptors (Lipinski definition) is 15. The van der Waals surface area contributed by atoms with E-state index in [1.807, 2.05) is 0 Å². The molecule has 3 unspecified atom stereocenters. The molecule has 0 heterocycles. The van der Waals surface area contributed by atoms with Crippen LogP contribution in [0.1, 0.15) is 369 Å². The smallest absolute Gasteiger partial charge is 0.462 e. The van der Waals surface area contributed by atoms with Crippen molar-refractivity contribution < 1.29 is 80.2 Å². The molecule has 6 atom stereocenters. The second-order valence-corrected chi connectivity index (χ2v) is 29.6. The topological polar surface area (TPSA) is 237 Å².